The summed E-state index contributed by atoms with van der Waals surface area (Å²) in [7, 11) is 0. The van der Waals surface area contributed by atoms with Gasteiger partial charge in [0.15, 0.2) is 23.1 Å². The van der Waals surface area contributed by atoms with Crippen LogP contribution in [0.1, 0.15) is 0 Å². The Kier molecular flexibility index (Phi) is 6.84. The second-order valence-electron chi connectivity index (χ2n) is 13.5. The Morgan fingerprint density at radius 1 is 0.455 bits per heavy atom. The van der Waals surface area contributed by atoms with Gasteiger partial charge < -0.3 is 4.42 Å². The van der Waals surface area contributed by atoms with Gasteiger partial charge >= 0.3 is 5.69 Å². The average Bonchev–Trinajstić information content (AvgIpc) is 3.84. The summed E-state index contributed by atoms with van der Waals surface area (Å²) in [6.07, 6.45) is 0. The summed E-state index contributed by atoms with van der Waals surface area (Å²) in [6.45, 7) is 0. The maximum atomic E-state index is 14.2. The van der Waals surface area contributed by atoms with Crippen molar-refractivity contribution in [1.29, 1.82) is 0 Å². The minimum absolute atomic E-state index is 0.168. The van der Waals surface area contributed by atoms with Gasteiger partial charge in [-0.15, -0.1) is 0 Å². The predicted molar refractivity (Wildman–Crippen MR) is 218 cm³/mol. The van der Waals surface area contributed by atoms with Crippen molar-refractivity contribution in [2.45, 2.75) is 0 Å². The number of aromatic nitrogens is 6. The molecule has 0 radical (unpaired) electrons. The monoisotopic (exact) mass is 708 g/mol. The van der Waals surface area contributed by atoms with Crippen LogP contribution in [0.4, 0.5) is 0 Å². The smallest absolute Gasteiger partial charge is 0.339 e. The Bertz CT molecular complexity index is 3280. The van der Waals surface area contributed by atoms with Crippen molar-refractivity contribution in [2.24, 2.45) is 0 Å². The summed E-state index contributed by atoms with van der Waals surface area (Å²) in [5.74, 6) is 1.75. The fourth-order valence-electron chi connectivity index (χ4n) is 7.64. The minimum Gasteiger partial charge on any atom is -0.456 e. The zero-order chi connectivity index (χ0) is 36.5. The van der Waals surface area contributed by atoms with Gasteiger partial charge in [-0.2, -0.15) is 0 Å². The third-order valence-corrected chi connectivity index (χ3v) is 10.2. The number of nitrogens with zero attached hydrogens (tertiary/aromatic N) is 6. The third kappa shape index (κ3) is 4.96. The van der Waals surface area contributed by atoms with Gasteiger partial charge in [-0.05, 0) is 65.7 Å². The van der Waals surface area contributed by atoms with Crippen molar-refractivity contribution < 1.29 is 4.42 Å². The standard InChI is InChI=1S/C47H28N6O2/c54-47-52(33-17-8-3-9-18-33)38-25-23-31(27-35(38)46-48-37-20-10-11-21-39(37)53(46)47)32-24-26-40-36(28-32)42-34(19-12-22-41(42)55-40)45-50-43(29-13-4-1-5-14-29)49-44(51-45)30-15-6-2-7-16-30/h1-28H. The number of furan rings is 1. The molecule has 7 aromatic carbocycles. The van der Waals surface area contributed by atoms with E-state index in [0.717, 1.165) is 77.4 Å². The molecular weight excluding hydrogens is 681 g/mol. The van der Waals surface area contributed by atoms with Crippen LogP contribution in [-0.2, 0) is 0 Å². The second-order valence-corrected chi connectivity index (χ2v) is 13.5. The summed E-state index contributed by atoms with van der Waals surface area (Å²) >= 11 is 0. The van der Waals surface area contributed by atoms with Crippen LogP contribution in [0.2, 0.25) is 0 Å². The molecule has 0 bridgehead atoms. The van der Waals surface area contributed by atoms with Gasteiger partial charge in [-0.25, -0.2) is 29.1 Å². The Balaban J connectivity index is 1.13. The molecule has 8 heteroatoms. The Labute approximate surface area is 313 Å². The van der Waals surface area contributed by atoms with Crippen molar-refractivity contribution in [3.05, 3.63) is 180 Å². The van der Waals surface area contributed by atoms with Crippen molar-refractivity contribution in [3.63, 3.8) is 0 Å². The summed E-state index contributed by atoms with van der Waals surface area (Å²) in [6, 6.07) is 55.9. The van der Waals surface area contributed by atoms with Gasteiger partial charge in [-0.1, -0.05) is 115 Å². The zero-order valence-corrected chi connectivity index (χ0v) is 29.2. The fraction of sp³-hybridized carbons (Fsp3) is 0. The van der Waals surface area contributed by atoms with Gasteiger partial charge in [0.1, 0.15) is 11.2 Å². The highest BCUT2D eigenvalue weighted by atomic mass is 16.3. The molecule has 11 rings (SSSR count). The maximum absolute atomic E-state index is 14.2. The molecule has 0 saturated heterocycles. The van der Waals surface area contributed by atoms with E-state index in [0.29, 0.717) is 23.1 Å². The van der Waals surface area contributed by atoms with E-state index >= 15 is 0 Å². The number of hydrogen-bond donors (Lipinski definition) is 0. The molecule has 0 fully saturated rings. The summed E-state index contributed by atoms with van der Waals surface area (Å²) in [4.78, 5) is 34.2. The Morgan fingerprint density at radius 3 is 1.80 bits per heavy atom. The summed E-state index contributed by atoms with van der Waals surface area (Å²) in [5, 5.41) is 2.73. The molecule has 0 spiro atoms. The van der Waals surface area contributed by atoms with Crippen LogP contribution in [0.5, 0.6) is 0 Å². The lowest BCUT2D eigenvalue weighted by Gasteiger charge is -2.13. The lowest BCUT2D eigenvalue weighted by Crippen LogP contribution is -2.25. The normalized spacial score (nSPS) is 11.7. The quantitative estimate of drug-likeness (QED) is 0.177. The highest BCUT2D eigenvalue weighted by Crippen LogP contribution is 2.39. The molecule has 0 aliphatic heterocycles. The molecule has 258 valence electrons. The van der Waals surface area contributed by atoms with Crippen LogP contribution < -0.4 is 5.69 Å². The topological polar surface area (TPSA) is 91.1 Å². The lowest BCUT2D eigenvalue weighted by atomic mass is 9.99. The van der Waals surface area contributed by atoms with Crippen molar-refractivity contribution in [1.82, 2.24) is 28.9 Å². The number of hydrogen-bond acceptors (Lipinski definition) is 6. The molecule has 11 aromatic rings. The molecule has 0 aliphatic rings. The molecule has 0 aliphatic carbocycles. The van der Waals surface area contributed by atoms with Crippen molar-refractivity contribution in [3.8, 4) is 51.0 Å². The zero-order valence-electron chi connectivity index (χ0n) is 29.2. The first-order chi connectivity index (χ1) is 27.2. The SMILES string of the molecule is O=c1n(-c2ccccc2)c2ccc(-c3ccc4oc5cccc(-c6nc(-c7ccccc7)nc(-c7ccccc7)n6)c5c4c3)cc2c2nc3ccccc3n12. The number of imidazole rings is 1. The van der Waals surface area contributed by atoms with E-state index in [1.54, 1.807) is 8.97 Å². The highest BCUT2D eigenvalue weighted by Gasteiger charge is 2.20. The molecule has 0 saturated carbocycles. The predicted octanol–water partition coefficient (Wildman–Crippen LogP) is 10.5. The van der Waals surface area contributed by atoms with Crippen molar-refractivity contribution in [2.75, 3.05) is 0 Å². The molecule has 0 atom stereocenters. The summed E-state index contributed by atoms with van der Waals surface area (Å²) < 4.78 is 9.94. The lowest BCUT2D eigenvalue weighted by molar-refractivity contribution is 0.669. The Hall–Kier alpha value is -7.71. The van der Waals surface area contributed by atoms with Gasteiger partial charge in [0.05, 0.1) is 22.2 Å². The molecule has 8 nitrogen and oxygen atoms in total. The van der Waals surface area contributed by atoms with Crippen molar-refractivity contribution >= 4 is 49.5 Å². The molecule has 0 N–H and O–H groups in total. The second kappa shape index (κ2) is 12.2. The third-order valence-electron chi connectivity index (χ3n) is 10.2. The summed E-state index contributed by atoms with van der Waals surface area (Å²) in [5.41, 5.74) is 9.66. The van der Waals surface area contributed by atoms with E-state index in [9.17, 15) is 4.79 Å². The number of para-hydroxylation sites is 3. The Morgan fingerprint density at radius 2 is 1.07 bits per heavy atom. The van der Waals surface area contributed by atoms with Crippen LogP contribution in [0, 0.1) is 0 Å². The molecular formula is C47H28N6O2. The van der Waals surface area contributed by atoms with Crippen LogP contribution in [0.3, 0.4) is 0 Å². The van der Waals surface area contributed by atoms with E-state index in [1.807, 2.05) is 146 Å². The number of benzene rings is 7. The number of fused-ring (bicyclic) bond motifs is 8. The molecule has 0 amide bonds. The van der Waals surface area contributed by atoms with E-state index in [2.05, 4.69) is 24.3 Å². The van der Waals surface area contributed by atoms with Crippen LogP contribution in [0.15, 0.2) is 179 Å². The van der Waals surface area contributed by atoms with E-state index in [4.69, 9.17) is 24.4 Å². The van der Waals surface area contributed by atoms with E-state index in [-0.39, 0.29) is 5.69 Å². The first-order valence-corrected chi connectivity index (χ1v) is 18.0. The molecule has 0 unspecified atom stereocenters. The number of rotatable bonds is 5. The van der Waals surface area contributed by atoms with Gasteiger partial charge in [0.2, 0.25) is 0 Å². The largest absolute Gasteiger partial charge is 0.456 e. The van der Waals surface area contributed by atoms with Gasteiger partial charge in [-0.3, -0.25) is 4.57 Å². The first kappa shape index (κ1) is 30.9. The van der Waals surface area contributed by atoms with E-state index < -0.39 is 0 Å². The average molecular weight is 709 g/mol. The van der Waals surface area contributed by atoms with Gasteiger partial charge in [0.25, 0.3) is 0 Å². The highest BCUT2D eigenvalue weighted by molar-refractivity contribution is 6.13. The molecule has 4 heterocycles. The first-order valence-electron chi connectivity index (χ1n) is 18.0. The van der Waals surface area contributed by atoms with Crippen LogP contribution >= 0.6 is 0 Å². The molecule has 55 heavy (non-hydrogen) atoms. The van der Waals surface area contributed by atoms with Crippen LogP contribution in [0.25, 0.3) is 100 Å². The van der Waals surface area contributed by atoms with E-state index in [1.165, 1.54) is 0 Å². The maximum Gasteiger partial charge on any atom is 0.339 e. The fourth-order valence-corrected chi connectivity index (χ4v) is 7.64. The van der Waals surface area contributed by atoms with Gasteiger partial charge in [0, 0.05) is 32.8 Å². The van der Waals surface area contributed by atoms with Crippen LogP contribution in [-0.4, -0.2) is 28.9 Å². The minimum atomic E-state index is -0.168. The molecule has 4 aromatic heterocycles.